The summed E-state index contributed by atoms with van der Waals surface area (Å²) in [4.78, 5) is 25.9. The van der Waals surface area contributed by atoms with Gasteiger partial charge in [-0.05, 0) is 6.92 Å². The third-order valence-corrected chi connectivity index (χ3v) is 4.95. The highest BCUT2D eigenvalue weighted by Gasteiger charge is 2.37. The summed E-state index contributed by atoms with van der Waals surface area (Å²) in [7, 11) is 0. The van der Waals surface area contributed by atoms with Crippen molar-refractivity contribution in [2.75, 3.05) is 36.3 Å². The first-order valence-electron chi connectivity index (χ1n) is 6.10. The fourth-order valence-electron chi connectivity index (χ4n) is 2.06. The minimum atomic E-state index is -0.413. The third kappa shape index (κ3) is 3.13. The van der Waals surface area contributed by atoms with Gasteiger partial charge in [-0.3, -0.25) is 10.1 Å². The van der Waals surface area contributed by atoms with Crippen LogP contribution in [0.15, 0.2) is 0 Å². The monoisotopic (exact) mass is 290 g/mol. The SMILES string of the molecule is CCOC(=O)C1CSCCN1C(=O)C1CSCN1. The van der Waals surface area contributed by atoms with Crippen molar-refractivity contribution >= 4 is 35.4 Å². The molecule has 18 heavy (non-hydrogen) atoms. The number of nitrogens with zero attached hydrogens (tertiary/aromatic N) is 1. The zero-order chi connectivity index (χ0) is 13.0. The molecule has 2 unspecified atom stereocenters. The molecule has 0 radical (unpaired) electrons. The highest BCUT2D eigenvalue weighted by atomic mass is 32.2. The second-order valence-electron chi connectivity index (χ2n) is 4.15. The molecule has 0 aromatic carbocycles. The van der Waals surface area contributed by atoms with Gasteiger partial charge in [0.1, 0.15) is 6.04 Å². The van der Waals surface area contributed by atoms with E-state index in [4.69, 9.17) is 4.74 Å². The van der Waals surface area contributed by atoms with E-state index < -0.39 is 6.04 Å². The fraction of sp³-hybridized carbons (Fsp3) is 0.818. The maximum atomic E-state index is 12.4. The fourth-order valence-corrected chi connectivity index (χ4v) is 4.02. The summed E-state index contributed by atoms with van der Waals surface area (Å²) in [6, 6.07) is -0.557. The second-order valence-corrected chi connectivity index (χ2v) is 6.33. The zero-order valence-corrected chi connectivity index (χ0v) is 12.0. The van der Waals surface area contributed by atoms with Crippen LogP contribution in [-0.4, -0.2) is 65.1 Å². The van der Waals surface area contributed by atoms with E-state index in [1.807, 2.05) is 0 Å². The average Bonchev–Trinajstić information content (AvgIpc) is 2.92. The second kappa shape index (κ2) is 6.68. The van der Waals surface area contributed by atoms with Gasteiger partial charge in [-0.2, -0.15) is 11.8 Å². The predicted octanol–water partition coefficient (Wildman–Crippen LogP) is 0.156. The van der Waals surface area contributed by atoms with Gasteiger partial charge in [0.15, 0.2) is 0 Å². The smallest absolute Gasteiger partial charge is 0.329 e. The van der Waals surface area contributed by atoms with Crippen molar-refractivity contribution in [1.82, 2.24) is 10.2 Å². The molecular weight excluding hydrogens is 272 g/mol. The molecule has 1 amide bonds. The molecule has 0 saturated carbocycles. The maximum Gasteiger partial charge on any atom is 0.329 e. The summed E-state index contributed by atoms with van der Waals surface area (Å²) < 4.78 is 5.05. The van der Waals surface area contributed by atoms with Crippen LogP contribution >= 0.6 is 23.5 Å². The van der Waals surface area contributed by atoms with E-state index in [1.54, 1.807) is 35.3 Å². The number of ether oxygens (including phenoxy) is 1. The molecule has 2 fully saturated rings. The van der Waals surface area contributed by atoms with E-state index in [0.29, 0.717) is 18.9 Å². The quantitative estimate of drug-likeness (QED) is 0.747. The standard InChI is InChI=1S/C11H18N2O3S2/c1-2-16-11(15)9-6-17-4-3-13(9)10(14)8-5-18-7-12-8/h8-9,12H,2-7H2,1H3. The first kappa shape index (κ1) is 14.0. The lowest BCUT2D eigenvalue weighted by Crippen LogP contribution is -2.56. The first-order chi connectivity index (χ1) is 8.74. The normalized spacial score (nSPS) is 28.2. The lowest BCUT2D eigenvalue weighted by atomic mass is 10.2. The van der Waals surface area contributed by atoms with Gasteiger partial charge in [0.2, 0.25) is 5.91 Å². The molecule has 102 valence electrons. The molecule has 0 aliphatic carbocycles. The molecule has 2 atom stereocenters. The van der Waals surface area contributed by atoms with Crippen molar-refractivity contribution in [3.8, 4) is 0 Å². The number of amides is 1. The van der Waals surface area contributed by atoms with Crippen LogP contribution in [0.3, 0.4) is 0 Å². The molecule has 5 nitrogen and oxygen atoms in total. The molecule has 7 heteroatoms. The number of carbonyl (C=O) groups excluding carboxylic acids is 2. The largest absolute Gasteiger partial charge is 0.464 e. The number of thioether (sulfide) groups is 2. The Morgan fingerprint density at radius 3 is 2.89 bits per heavy atom. The van der Waals surface area contributed by atoms with Crippen LogP contribution in [0.25, 0.3) is 0 Å². The molecule has 2 saturated heterocycles. The number of esters is 1. The van der Waals surface area contributed by atoms with Crippen molar-refractivity contribution in [2.24, 2.45) is 0 Å². The van der Waals surface area contributed by atoms with Crippen LogP contribution in [0.4, 0.5) is 0 Å². The van der Waals surface area contributed by atoms with E-state index in [2.05, 4.69) is 5.32 Å². The van der Waals surface area contributed by atoms with Gasteiger partial charge >= 0.3 is 5.97 Å². The Kier molecular flexibility index (Phi) is 5.20. The van der Waals surface area contributed by atoms with Gasteiger partial charge < -0.3 is 9.64 Å². The van der Waals surface area contributed by atoms with Crippen molar-refractivity contribution in [2.45, 2.75) is 19.0 Å². The number of hydrogen-bond donors (Lipinski definition) is 1. The minimum absolute atomic E-state index is 0.0401. The van der Waals surface area contributed by atoms with E-state index in [0.717, 1.165) is 17.4 Å². The van der Waals surface area contributed by atoms with Gasteiger partial charge in [-0.1, -0.05) is 0 Å². The lowest BCUT2D eigenvalue weighted by Gasteiger charge is -2.35. The molecule has 0 aromatic rings. The van der Waals surface area contributed by atoms with E-state index in [9.17, 15) is 9.59 Å². The van der Waals surface area contributed by atoms with E-state index >= 15 is 0 Å². The van der Waals surface area contributed by atoms with Crippen LogP contribution in [0.5, 0.6) is 0 Å². The summed E-state index contributed by atoms with van der Waals surface area (Å²) in [6.45, 7) is 2.78. The summed E-state index contributed by atoms with van der Waals surface area (Å²) >= 11 is 3.41. The number of nitrogens with one attached hydrogen (secondary N) is 1. The summed E-state index contributed by atoms with van der Waals surface area (Å²) in [5, 5.41) is 3.16. The van der Waals surface area contributed by atoms with E-state index in [1.165, 1.54) is 0 Å². The third-order valence-electron chi connectivity index (χ3n) is 2.98. The van der Waals surface area contributed by atoms with Gasteiger partial charge in [0, 0.05) is 29.7 Å². The first-order valence-corrected chi connectivity index (χ1v) is 8.41. The molecule has 0 aromatic heterocycles. The Hall–Kier alpha value is -0.400. The molecule has 2 aliphatic heterocycles. The van der Waals surface area contributed by atoms with Crippen molar-refractivity contribution < 1.29 is 14.3 Å². The Labute approximate surface area is 115 Å². The van der Waals surface area contributed by atoms with Gasteiger partial charge in [-0.25, -0.2) is 4.79 Å². The van der Waals surface area contributed by atoms with Crippen LogP contribution < -0.4 is 5.32 Å². The highest BCUT2D eigenvalue weighted by molar-refractivity contribution is 7.99. The van der Waals surface area contributed by atoms with Crippen molar-refractivity contribution in [3.05, 3.63) is 0 Å². The molecule has 0 spiro atoms. The van der Waals surface area contributed by atoms with Crippen molar-refractivity contribution in [3.63, 3.8) is 0 Å². The zero-order valence-electron chi connectivity index (χ0n) is 10.4. The minimum Gasteiger partial charge on any atom is -0.464 e. The van der Waals surface area contributed by atoms with Gasteiger partial charge in [0.05, 0.1) is 12.6 Å². The Balaban J connectivity index is 2.02. The highest BCUT2D eigenvalue weighted by Crippen LogP contribution is 2.21. The topological polar surface area (TPSA) is 58.6 Å². The van der Waals surface area contributed by atoms with Gasteiger partial charge in [0.25, 0.3) is 0 Å². The molecular formula is C11H18N2O3S2. The van der Waals surface area contributed by atoms with Crippen LogP contribution in [-0.2, 0) is 14.3 Å². The van der Waals surface area contributed by atoms with Crippen molar-refractivity contribution in [1.29, 1.82) is 0 Å². The Bertz CT molecular complexity index is 321. The van der Waals surface area contributed by atoms with Crippen LogP contribution in [0.2, 0.25) is 0 Å². The summed E-state index contributed by atoms with van der Waals surface area (Å²) in [5.74, 6) is 2.90. The average molecular weight is 290 g/mol. The lowest BCUT2D eigenvalue weighted by molar-refractivity contribution is -0.154. The molecule has 2 rings (SSSR count). The predicted molar refractivity (Wildman–Crippen MR) is 73.7 cm³/mol. The van der Waals surface area contributed by atoms with Gasteiger partial charge in [-0.15, -0.1) is 11.8 Å². The molecule has 2 aliphatic rings. The number of rotatable bonds is 3. The summed E-state index contributed by atoms with van der Waals surface area (Å²) in [5.41, 5.74) is 0. The summed E-state index contributed by atoms with van der Waals surface area (Å²) in [6.07, 6.45) is 0. The van der Waals surface area contributed by atoms with Crippen LogP contribution in [0.1, 0.15) is 6.92 Å². The number of carbonyl (C=O) groups is 2. The Morgan fingerprint density at radius 2 is 2.22 bits per heavy atom. The maximum absolute atomic E-state index is 12.4. The van der Waals surface area contributed by atoms with E-state index in [-0.39, 0.29) is 17.9 Å². The molecule has 2 heterocycles. The van der Waals surface area contributed by atoms with Crippen LogP contribution in [0, 0.1) is 0 Å². The Morgan fingerprint density at radius 1 is 1.39 bits per heavy atom. The molecule has 0 bridgehead atoms. The molecule has 1 N–H and O–H groups in total. The number of hydrogen-bond acceptors (Lipinski definition) is 6.